The molecule has 1 fully saturated rings. The number of hydrogen-bond donors (Lipinski definition) is 1. The van der Waals surface area contributed by atoms with Gasteiger partial charge in [-0.2, -0.15) is 0 Å². The van der Waals surface area contributed by atoms with Crippen LogP contribution in [-0.2, 0) is 12.8 Å². The molecule has 1 aliphatic carbocycles. The first-order valence-corrected chi connectivity index (χ1v) is 9.15. The van der Waals surface area contributed by atoms with Gasteiger partial charge in [-0.3, -0.25) is 4.79 Å². The van der Waals surface area contributed by atoms with Crippen molar-refractivity contribution in [1.82, 2.24) is 25.5 Å². The molecule has 3 rings (SSSR count). The van der Waals surface area contributed by atoms with Crippen LogP contribution in [0.15, 0.2) is 6.07 Å². The largest absolute Gasteiger partial charge is 0.342 e. The molecule has 7 heteroatoms. The van der Waals surface area contributed by atoms with Gasteiger partial charge in [0.25, 0.3) is 5.91 Å². The Balaban J connectivity index is 1.72. The maximum Gasteiger partial charge on any atom is 0.261 e. The molecule has 0 aromatic carbocycles. The van der Waals surface area contributed by atoms with Crippen molar-refractivity contribution in [3.63, 3.8) is 0 Å². The van der Waals surface area contributed by atoms with Gasteiger partial charge in [0.15, 0.2) is 5.82 Å². The lowest BCUT2D eigenvalue weighted by molar-refractivity contribution is 0.0941. The zero-order valence-corrected chi connectivity index (χ0v) is 14.7. The standard InChI is InChI=1S/C16H23N5OS/c1-4-6-13-11(5-2)9-14(23-13)16(22)17-10(3)15-18-19-20-21(15)12-7-8-12/h9-10,12H,4-8H2,1-3H3,(H,17,22). The number of hydrogen-bond acceptors (Lipinski definition) is 5. The van der Waals surface area contributed by atoms with E-state index in [2.05, 4.69) is 34.7 Å². The zero-order valence-electron chi connectivity index (χ0n) is 13.9. The minimum Gasteiger partial charge on any atom is -0.342 e. The summed E-state index contributed by atoms with van der Waals surface area (Å²) in [6.45, 7) is 6.23. The van der Waals surface area contributed by atoms with Crippen LogP contribution in [0.2, 0.25) is 0 Å². The third-order valence-corrected chi connectivity index (χ3v) is 5.36. The topological polar surface area (TPSA) is 72.7 Å². The van der Waals surface area contributed by atoms with E-state index in [0.29, 0.717) is 6.04 Å². The molecule has 1 saturated carbocycles. The maximum atomic E-state index is 12.6. The molecule has 1 unspecified atom stereocenters. The summed E-state index contributed by atoms with van der Waals surface area (Å²) in [5.41, 5.74) is 1.29. The van der Waals surface area contributed by atoms with Gasteiger partial charge in [0, 0.05) is 4.88 Å². The second-order valence-electron chi connectivity index (χ2n) is 6.07. The number of aryl methyl sites for hydroxylation is 2. The Hall–Kier alpha value is -1.76. The van der Waals surface area contributed by atoms with Gasteiger partial charge in [-0.1, -0.05) is 20.3 Å². The summed E-state index contributed by atoms with van der Waals surface area (Å²) in [5, 5.41) is 14.9. The fourth-order valence-electron chi connectivity index (χ4n) is 2.71. The van der Waals surface area contributed by atoms with E-state index in [1.54, 1.807) is 11.3 Å². The first-order chi connectivity index (χ1) is 11.1. The van der Waals surface area contributed by atoms with Crippen molar-refractivity contribution in [2.24, 2.45) is 0 Å². The third-order valence-electron chi connectivity index (χ3n) is 4.12. The molecule has 6 nitrogen and oxygen atoms in total. The van der Waals surface area contributed by atoms with Gasteiger partial charge in [-0.25, -0.2) is 4.68 Å². The molecule has 0 saturated heterocycles. The Morgan fingerprint density at radius 1 is 1.48 bits per heavy atom. The van der Waals surface area contributed by atoms with Gasteiger partial charge in [0.1, 0.15) is 0 Å². The first kappa shape index (κ1) is 16.1. The number of thiophene rings is 1. The fraction of sp³-hybridized carbons (Fsp3) is 0.625. The Kier molecular flexibility index (Phi) is 4.75. The van der Waals surface area contributed by atoms with Crippen molar-refractivity contribution in [3.8, 4) is 0 Å². The lowest BCUT2D eigenvalue weighted by Crippen LogP contribution is -2.28. The van der Waals surface area contributed by atoms with Gasteiger partial charge in [0.05, 0.1) is 17.0 Å². The summed E-state index contributed by atoms with van der Waals surface area (Å²) in [4.78, 5) is 14.7. The van der Waals surface area contributed by atoms with E-state index < -0.39 is 0 Å². The fourth-order valence-corrected chi connectivity index (χ4v) is 3.97. The van der Waals surface area contributed by atoms with Crippen LogP contribution in [0.4, 0.5) is 0 Å². The molecule has 0 spiro atoms. The Labute approximate surface area is 140 Å². The van der Waals surface area contributed by atoms with Crippen molar-refractivity contribution >= 4 is 17.2 Å². The van der Waals surface area contributed by atoms with Gasteiger partial charge in [0.2, 0.25) is 0 Å². The van der Waals surface area contributed by atoms with E-state index in [4.69, 9.17) is 0 Å². The minimum atomic E-state index is -0.195. The molecule has 1 amide bonds. The quantitative estimate of drug-likeness (QED) is 0.845. The third kappa shape index (κ3) is 3.44. The molecule has 0 bridgehead atoms. The van der Waals surface area contributed by atoms with Crippen molar-refractivity contribution in [1.29, 1.82) is 0 Å². The predicted molar refractivity (Wildman–Crippen MR) is 89.7 cm³/mol. The smallest absolute Gasteiger partial charge is 0.261 e. The number of tetrazole rings is 1. The molecular formula is C16H23N5OS. The minimum absolute atomic E-state index is 0.0371. The summed E-state index contributed by atoms with van der Waals surface area (Å²) in [6, 6.07) is 2.24. The van der Waals surface area contributed by atoms with E-state index in [1.165, 1.54) is 10.4 Å². The predicted octanol–water partition coefficient (Wildman–Crippen LogP) is 3.08. The van der Waals surface area contributed by atoms with Crippen LogP contribution in [0.3, 0.4) is 0 Å². The van der Waals surface area contributed by atoms with Crippen molar-refractivity contribution < 1.29 is 4.79 Å². The number of rotatable bonds is 7. The lowest BCUT2D eigenvalue weighted by Gasteiger charge is -2.12. The second-order valence-corrected chi connectivity index (χ2v) is 7.21. The van der Waals surface area contributed by atoms with Crippen LogP contribution in [-0.4, -0.2) is 26.1 Å². The molecule has 23 heavy (non-hydrogen) atoms. The summed E-state index contributed by atoms with van der Waals surface area (Å²) in [6.07, 6.45) is 5.33. The molecule has 2 aromatic rings. The van der Waals surface area contributed by atoms with Gasteiger partial charge in [-0.05, 0) is 54.7 Å². The average molecular weight is 333 g/mol. The van der Waals surface area contributed by atoms with E-state index in [9.17, 15) is 4.79 Å². The van der Waals surface area contributed by atoms with Crippen LogP contribution in [0, 0.1) is 0 Å². The molecule has 2 aromatic heterocycles. The number of carbonyl (C=O) groups is 1. The van der Waals surface area contributed by atoms with Gasteiger partial charge >= 0.3 is 0 Å². The molecule has 1 N–H and O–H groups in total. The monoisotopic (exact) mass is 333 g/mol. The molecular weight excluding hydrogens is 310 g/mol. The summed E-state index contributed by atoms with van der Waals surface area (Å²) >= 11 is 1.61. The number of nitrogens with one attached hydrogen (secondary N) is 1. The van der Waals surface area contributed by atoms with E-state index in [-0.39, 0.29) is 11.9 Å². The van der Waals surface area contributed by atoms with Crippen molar-refractivity contribution in [2.45, 2.75) is 65.0 Å². The highest BCUT2D eigenvalue weighted by atomic mass is 32.1. The Morgan fingerprint density at radius 2 is 2.26 bits per heavy atom. The Morgan fingerprint density at radius 3 is 2.91 bits per heavy atom. The van der Waals surface area contributed by atoms with Gasteiger partial charge < -0.3 is 5.32 Å². The van der Waals surface area contributed by atoms with Gasteiger partial charge in [-0.15, -0.1) is 16.4 Å². The molecule has 2 heterocycles. The normalized spacial score (nSPS) is 15.6. The molecule has 1 atom stereocenters. The highest BCUT2D eigenvalue weighted by Gasteiger charge is 2.30. The number of amides is 1. The maximum absolute atomic E-state index is 12.6. The molecule has 0 aliphatic heterocycles. The number of nitrogens with zero attached hydrogens (tertiary/aromatic N) is 4. The Bertz CT molecular complexity index is 688. The van der Waals surface area contributed by atoms with Crippen LogP contribution < -0.4 is 5.32 Å². The lowest BCUT2D eigenvalue weighted by atomic mass is 10.1. The summed E-state index contributed by atoms with van der Waals surface area (Å²) in [5.74, 6) is 0.701. The van der Waals surface area contributed by atoms with Crippen LogP contribution in [0.5, 0.6) is 0 Å². The first-order valence-electron chi connectivity index (χ1n) is 8.34. The molecule has 1 aliphatic rings. The van der Waals surface area contributed by atoms with E-state index in [0.717, 1.165) is 42.8 Å². The zero-order chi connectivity index (χ0) is 16.4. The van der Waals surface area contributed by atoms with E-state index in [1.807, 2.05) is 17.7 Å². The molecule has 0 radical (unpaired) electrons. The number of aromatic nitrogens is 4. The van der Waals surface area contributed by atoms with Crippen molar-refractivity contribution in [3.05, 3.63) is 27.2 Å². The van der Waals surface area contributed by atoms with E-state index >= 15 is 0 Å². The summed E-state index contributed by atoms with van der Waals surface area (Å²) in [7, 11) is 0. The highest BCUT2D eigenvalue weighted by molar-refractivity contribution is 7.14. The highest BCUT2D eigenvalue weighted by Crippen LogP contribution is 2.35. The average Bonchev–Trinajstić information content (AvgIpc) is 3.11. The van der Waals surface area contributed by atoms with Crippen LogP contribution >= 0.6 is 11.3 Å². The molecule has 124 valence electrons. The van der Waals surface area contributed by atoms with Crippen LogP contribution in [0.1, 0.15) is 78.1 Å². The van der Waals surface area contributed by atoms with Crippen molar-refractivity contribution in [2.75, 3.05) is 0 Å². The van der Waals surface area contributed by atoms with Crippen LogP contribution in [0.25, 0.3) is 0 Å². The second kappa shape index (κ2) is 6.78. The summed E-state index contributed by atoms with van der Waals surface area (Å²) < 4.78 is 1.85. The SMILES string of the molecule is CCCc1sc(C(=O)NC(C)c2nnnn2C2CC2)cc1CC. The number of carbonyl (C=O) groups excluding carboxylic acids is 1.